The second-order valence-corrected chi connectivity index (χ2v) is 4.91. The van der Waals surface area contributed by atoms with Crippen LogP contribution in [-0.4, -0.2) is 35.6 Å². The molecule has 0 saturated carbocycles. The highest BCUT2D eigenvalue weighted by Gasteiger charge is 2.27. The number of amides is 1. The molecule has 92 valence electrons. The van der Waals surface area contributed by atoms with Gasteiger partial charge in [-0.25, -0.2) is 0 Å². The zero-order chi connectivity index (χ0) is 12.4. The number of benzene rings is 1. The van der Waals surface area contributed by atoms with Gasteiger partial charge >= 0.3 is 0 Å². The normalized spacial score (nSPS) is 19.7. The van der Waals surface area contributed by atoms with Gasteiger partial charge in [0.15, 0.2) is 0 Å². The van der Waals surface area contributed by atoms with Gasteiger partial charge in [-0.2, -0.15) is 0 Å². The topological polar surface area (TPSA) is 40.5 Å². The summed E-state index contributed by atoms with van der Waals surface area (Å²) in [6, 6.07) is 5.38. The molecule has 3 nitrogen and oxygen atoms in total. The summed E-state index contributed by atoms with van der Waals surface area (Å²) in [5, 5.41) is 9.69. The van der Waals surface area contributed by atoms with Gasteiger partial charge in [-0.05, 0) is 31.0 Å². The van der Waals surface area contributed by atoms with Crippen molar-refractivity contribution in [2.45, 2.75) is 13.3 Å². The van der Waals surface area contributed by atoms with E-state index in [1.165, 1.54) is 0 Å². The number of likely N-dealkylation sites (tertiary alicyclic amines) is 1. The van der Waals surface area contributed by atoms with Crippen LogP contribution in [0.25, 0.3) is 0 Å². The lowest BCUT2D eigenvalue weighted by atomic mass is 10.1. The average molecular weight is 254 g/mol. The number of hydrogen-bond donors (Lipinski definition) is 1. The van der Waals surface area contributed by atoms with E-state index in [9.17, 15) is 4.79 Å². The van der Waals surface area contributed by atoms with Crippen molar-refractivity contribution in [3.8, 4) is 0 Å². The third-order valence-corrected chi connectivity index (χ3v) is 3.74. The van der Waals surface area contributed by atoms with Gasteiger partial charge < -0.3 is 10.0 Å². The van der Waals surface area contributed by atoms with Crippen LogP contribution in [0.15, 0.2) is 18.2 Å². The zero-order valence-electron chi connectivity index (χ0n) is 9.82. The van der Waals surface area contributed by atoms with Crippen LogP contribution in [0.3, 0.4) is 0 Å². The van der Waals surface area contributed by atoms with Gasteiger partial charge in [0.25, 0.3) is 5.91 Å². The molecule has 1 amide bonds. The van der Waals surface area contributed by atoms with E-state index < -0.39 is 0 Å². The van der Waals surface area contributed by atoms with E-state index in [1.807, 2.05) is 6.92 Å². The van der Waals surface area contributed by atoms with Gasteiger partial charge in [0, 0.05) is 36.2 Å². The molecule has 1 heterocycles. The molecule has 1 N–H and O–H groups in total. The molecule has 0 aliphatic carbocycles. The van der Waals surface area contributed by atoms with Gasteiger partial charge in [-0.1, -0.05) is 17.7 Å². The zero-order valence-corrected chi connectivity index (χ0v) is 10.6. The molecule has 0 spiro atoms. The van der Waals surface area contributed by atoms with Gasteiger partial charge in [0.2, 0.25) is 0 Å². The number of rotatable bonds is 2. The van der Waals surface area contributed by atoms with Crippen LogP contribution in [0.2, 0.25) is 5.02 Å². The van der Waals surface area contributed by atoms with Gasteiger partial charge in [-0.3, -0.25) is 4.79 Å². The molecule has 1 atom stereocenters. The minimum absolute atomic E-state index is 0.0148. The summed E-state index contributed by atoms with van der Waals surface area (Å²) in [6.07, 6.45) is 0.877. The van der Waals surface area contributed by atoms with E-state index in [-0.39, 0.29) is 18.4 Å². The Bertz CT molecular complexity index is 433. The second-order valence-electron chi connectivity index (χ2n) is 4.50. The lowest BCUT2D eigenvalue weighted by Gasteiger charge is -2.17. The van der Waals surface area contributed by atoms with Crippen LogP contribution in [0.5, 0.6) is 0 Å². The Morgan fingerprint density at radius 2 is 2.35 bits per heavy atom. The summed E-state index contributed by atoms with van der Waals surface area (Å²) in [7, 11) is 0. The number of carbonyl (C=O) groups excluding carboxylic acids is 1. The van der Waals surface area contributed by atoms with Crippen molar-refractivity contribution >= 4 is 17.5 Å². The molecule has 0 aromatic heterocycles. The molecule has 1 aromatic carbocycles. The molecule has 4 heteroatoms. The van der Waals surface area contributed by atoms with E-state index in [0.29, 0.717) is 17.1 Å². The van der Waals surface area contributed by atoms with Crippen molar-refractivity contribution in [3.63, 3.8) is 0 Å². The van der Waals surface area contributed by atoms with E-state index in [2.05, 4.69) is 0 Å². The van der Waals surface area contributed by atoms with Crippen LogP contribution in [-0.2, 0) is 0 Å². The Labute approximate surface area is 106 Å². The molecule has 2 rings (SSSR count). The molecule has 1 aromatic rings. The number of halogens is 1. The molecule has 0 radical (unpaired) electrons. The molecular formula is C13H16ClNO2. The maximum atomic E-state index is 12.3. The fourth-order valence-electron chi connectivity index (χ4n) is 2.18. The largest absolute Gasteiger partial charge is 0.396 e. The maximum absolute atomic E-state index is 12.3. The van der Waals surface area contributed by atoms with E-state index >= 15 is 0 Å². The van der Waals surface area contributed by atoms with Crippen LogP contribution < -0.4 is 0 Å². The van der Waals surface area contributed by atoms with E-state index in [0.717, 1.165) is 18.5 Å². The van der Waals surface area contributed by atoms with E-state index in [1.54, 1.807) is 23.1 Å². The summed E-state index contributed by atoms with van der Waals surface area (Å²) in [4.78, 5) is 14.1. The molecule has 1 saturated heterocycles. The van der Waals surface area contributed by atoms with Crippen LogP contribution in [0.1, 0.15) is 22.3 Å². The number of carbonyl (C=O) groups is 1. The third-order valence-electron chi connectivity index (χ3n) is 3.33. The second kappa shape index (κ2) is 5.07. The fourth-order valence-corrected chi connectivity index (χ4v) is 2.35. The Hall–Kier alpha value is -1.06. The smallest absolute Gasteiger partial charge is 0.254 e. The number of aliphatic hydroxyl groups excluding tert-OH is 1. The van der Waals surface area contributed by atoms with Gasteiger partial charge in [0.05, 0.1) is 0 Å². The Balaban J connectivity index is 2.18. The Morgan fingerprint density at radius 1 is 1.59 bits per heavy atom. The predicted octanol–water partition coefficient (Wildman–Crippen LogP) is 2.10. The van der Waals surface area contributed by atoms with Crippen LogP contribution in [0.4, 0.5) is 0 Å². The summed E-state index contributed by atoms with van der Waals surface area (Å²) >= 11 is 6.01. The Kier molecular flexibility index (Phi) is 3.69. The number of hydrogen-bond acceptors (Lipinski definition) is 2. The monoisotopic (exact) mass is 253 g/mol. The molecule has 1 unspecified atom stereocenters. The van der Waals surface area contributed by atoms with Crippen molar-refractivity contribution in [2.24, 2.45) is 5.92 Å². The number of aliphatic hydroxyl groups is 1. The first-order valence-electron chi connectivity index (χ1n) is 5.78. The molecule has 0 bridgehead atoms. The summed E-state index contributed by atoms with van der Waals surface area (Å²) in [6.45, 7) is 3.37. The molecular weight excluding hydrogens is 238 g/mol. The molecule has 1 aliphatic rings. The first-order valence-corrected chi connectivity index (χ1v) is 6.16. The average Bonchev–Trinajstić information content (AvgIpc) is 2.80. The highest BCUT2D eigenvalue weighted by atomic mass is 35.5. The highest BCUT2D eigenvalue weighted by Crippen LogP contribution is 2.23. The summed E-state index contributed by atoms with van der Waals surface area (Å²) < 4.78 is 0. The number of nitrogens with zero attached hydrogens (tertiary/aromatic N) is 1. The minimum Gasteiger partial charge on any atom is -0.396 e. The lowest BCUT2D eigenvalue weighted by molar-refractivity contribution is 0.0781. The summed E-state index contributed by atoms with van der Waals surface area (Å²) in [5.41, 5.74) is 1.49. The third kappa shape index (κ3) is 2.45. The van der Waals surface area contributed by atoms with Crippen molar-refractivity contribution in [2.75, 3.05) is 19.7 Å². The first kappa shape index (κ1) is 12.4. The first-order chi connectivity index (χ1) is 8.13. The Morgan fingerprint density at radius 3 is 3.00 bits per heavy atom. The maximum Gasteiger partial charge on any atom is 0.254 e. The van der Waals surface area contributed by atoms with Gasteiger partial charge in [-0.15, -0.1) is 0 Å². The van der Waals surface area contributed by atoms with Crippen molar-refractivity contribution < 1.29 is 9.90 Å². The standard InChI is InChI=1S/C13H16ClNO2/c1-9-11(3-2-4-12(9)14)13(17)15-6-5-10(7-15)8-16/h2-4,10,16H,5-8H2,1H3. The highest BCUT2D eigenvalue weighted by molar-refractivity contribution is 6.31. The van der Waals surface area contributed by atoms with Gasteiger partial charge in [0.1, 0.15) is 0 Å². The van der Waals surface area contributed by atoms with Crippen LogP contribution >= 0.6 is 11.6 Å². The van der Waals surface area contributed by atoms with Crippen molar-refractivity contribution in [1.29, 1.82) is 0 Å². The van der Waals surface area contributed by atoms with E-state index in [4.69, 9.17) is 16.7 Å². The van der Waals surface area contributed by atoms with Crippen molar-refractivity contribution in [1.82, 2.24) is 4.90 Å². The predicted molar refractivity (Wildman–Crippen MR) is 67.3 cm³/mol. The van der Waals surface area contributed by atoms with Crippen molar-refractivity contribution in [3.05, 3.63) is 34.3 Å². The lowest BCUT2D eigenvalue weighted by Crippen LogP contribution is -2.29. The van der Waals surface area contributed by atoms with Crippen LogP contribution in [0, 0.1) is 12.8 Å². The molecule has 1 aliphatic heterocycles. The SMILES string of the molecule is Cc1c(Cl)cccc1C(=O)N1CCC(CO)C1. The molecule has 17 heavy (non-hydrogen) atoms. The molecule has 1 fully saturated rings. The summed E-state index contributed by atoms with van der Waals surface area (Å²) in [5.74, 6) is 0.236. The quantitative estimate of drug-likeness (QED) is 0.877. The minimum atomic E-state index is 0.0148. The fraction of sp³-hybridized carbons (Fsp3) is 0.462.